The average molecular weight is 1830 g/mol. The van der Waals surface area contributed by atoms with Crippen LogP contribution in [0.15, 0.2) is 486 Å². The second kappa shape index (κ2) is 35.8. The van der Waals surface area contributed by atoms with Crippen LogP contribution >= 0.6 is 0 Å². The van der Waals surface area contributed by atoms with Gasteiger partial charge in [0.15, 0.2) is 0 Å². The van der Waals surface area contributed by atoms with Gasteiger partial charge in [0.2, 0.25) is 0 Å². The molecule has 0 aliphatic carbocycles. The van der Waals surface area contributed by atoms with Gasteiger partial charge in [0.05, 0.1) is 28.1 Å². The Bertz CT molecular complexity index is 9240. The van der Waals surface area contributed by atoms with E-state index in [0.29, 0.717) is 0 Å². The first-order valence-corrected chi connectivity index (χ1v) is 49.3. The van der Waals surface area contributed by atoms with Crippen molar-refractivity contribution >= 4 is 119 Å². The molecule has 27 rings (SSSR count). The summed E-state index contributed by atoms with van der Waals surface area (Å²) in [5.41, 5.74) is 34.4. The maximum absolute atomic E-state index is 4.60. The number of benzene rings is 21. The molecule has 27 aromatic rings. The SMILES string of the molecule is CC(C)(C)c1cc2ccc3c(-c4ccc(-c5cccc(-n6c7ccccc7c7ccccc76)c5)cc4)cc(-c4ccc(-c5ccccn5)cc4)c4ccc(c1)c2c34.CC(C)(C)c1cc2ccc3c(-c4ccc(-c5ccccn5)cc4)cc(-c4ccc(-c5ccccn5)cc4)c4ccc(c1)c2c34.c1ccc(-c2c3ccccc3c(-c3ccc4cc(-c5cncc(-c6ccncc6)c5)ccc4c3)c3ccccc23)cc1. The average Bonchev–Trinajstić information content (AvgIpc) is 1.17. The summed E-state index contributed by atoms with van der Waals surface area (Å²) in [6.07, 6.45) is 13.0. The Balaban J connectivity index is 0.000000114. The van der Waals surface area contributed by atoms with Gasteiger partial charge in [0, 0.05) is 87.7 Å². The van der Waals surface area contributed by atoms with Crippen molar-refractivity contribution in [3.63, 3.8) is 0 Å². The lowest BCUT2D eigenvalue weighted by atomic mass is 9.81. The molecule has 676 valence electrons. The minimum atomic E-state index is 0.0564. The molecule has 0 unspecified atom stereocenters. The molecule has 143 heavy (non-hydrogen) atoms. The molecule has 0 radical (unpaired) electrons. The fraction of sp³-hybridized carbons (Fsp3) is 0.0584. The molecule has 6 aromatic heterocycles. The Morgan fingerprint density at radius 3 is 0.909 bits per heavy atom. The Kier molecular flexibility index (Phi) is 21.7. The second-order valence-electron chi connectivity index (χ2n) is 39.8. The summed E-state index contributed by atoms with van der Waals surface area (Å²) in [5, 5.41) is 25.7. The van der Waals surface area contributed by atoms with Gasteiger partial charge >= 0.3 is 0 Å². The molecule has 0 spiro atoms. The zero-order chi connectivity index (χ0) is 96.0. The lowest BCUT2D eigenvalue weighted by molar-refractivity contribution is 0.591. The molecule has 0 amide bonds. The van der Waals surface area contributed by atoms with Crippen LogP contribution in [0.25, 0.3) is 258 Å². The predicted molar refractivity (Wildman–Crippen MR) is 605 cm³/mol. The molecule has 0 atom stereocenters. The highest BCUT2D eigenvalue weighted by Gasteiger charge is 2.26. The normalized spacial score (nSPS) is 11.8. The summed E-state index contributed by atoms with van der Waals surface area (Å²) >= 11 is 0. The smallest absolute Gasteiger partial charge is 0.0701 e. The second-order valence-corrected chi connectivity index (χ2v) is 39.8. The highest BCUT2D eigenvalue weighted by Crippen LogP contribution is 2.51. The number of para-hydroxylation sites is 2. The topological polar surface area (TPSA) is 69.4 Å². The van der Waals surface area contributed by atoms with Crippen LogP contribution < -0.4 is 0 Å². The van der Waals surface area contributed by atoms with E-state index in [-0.39, 0.29) is 10.8 Å². The maximum Gasteiger partial charge on any atom is 0.0701 e. The molecule has 0 aliphatic heterocycles. The third kappa shape index (κ3) is 16.0. The number of hydrogen-bond acceptors (Lipinski definition) is 5. The first-order chi connectivity index (χ1) is 70.2. The van der Waals surface area contributed by atoms with E-state index in [2.05, 4.69) is 465 Å². The van der Waals surface area contributed by atoms with Crippen LogP contribution in [0.1, 0.15) is 52.7 Å². The van der Waals surface area contributed by atoms with Gasteiger partial charge in [-0.05, 0) is 311 Å². The van der Waals surface area contributed by atoms with E-state index in [1.165, 1.54) is 208 Å². The van der Waals surface area contributed by atoms with E-state index in [9.17, 15) is 0 Å². The minimum absolute atomic E-state index is 0.0564. The number of fused-ring (bicyclic) bond motifs is 6. The first kappa shape index (κ1) is 86.6. The summed E-state index contributed by atoms with van der Waals surface area (Å²) in [4.78, 5) is 22.4. The molecule has 6 heterocycles. The summed E-state index contributed by atoms with van der Waals surface area (Å²) in [6.45, 7) is 13.8. The van der Waals surface area contributed by atoms with Gasteiger partial charge in [-0.25, -0.2) is 0 Å². The minimum Gasteiger partial charge on any atom is -0.309 e. The summed E-state index contributed by atoms with van der Waals surface area (Å²) in [5.74, 6) is 0. The van der Waals surface area contributed by atoms with Crippen LogP contribution in [0.2, 0.25) is 0 Å². The lowest BCUT2D eigenvalue weighted by Gasteiger charge is -2.23. The number of rotatable bonds is 13. The Hall–Kier alpha value is -18.0. The zero-order valence-corrected chi connectivity index (χ0v) is 80.4. The molecule has 0 saturated heterocycles. The van der Waals surface area contributed by atoms with Crippen molar-refractivity contribution in [3.8, 4) is 140 Å². The van der Waals surface area contributed by atoms with Crippen molar-refractivity contribution in [3.05, 3.63) is 497 Å². The number of nitrogens with zero attached hydrogens (tertiary/aromatic N) is 6. The summed E-state index contributed by atoms with van der Waals surface area (Å²) in [7, 11) is 0. The molecular weight excluding hydrogens is 1730 g/mol. The van der Waals surface area contributed by atoms with E-state index in [0.717, 1.165) is 61.7 Å². The van der Waals surface area contributed by atoms with Crippen molar-refractivity contribution in [2.24, 2.45) is 0 Å². The summed E-state index contributed by atoms with van der Waals surface area (Å²) in [6, 6.07) is 161. The third-order valence-electron chi connectivity index (χ3n) is 29.1. The fourth-order valence-electron chi connectivity index (χ4n) is 21.8. The Labute approximate surface area is 831 Å². The maximum atomic E-state index is 4.60. The molecule has 0 saturated carbocycles. The number of hydrogen-bond donors (Lipinski definition) is 0. The van der Waals surface area contributed by atoms with Crippen molar-refractivity contribution < 1.29 is 0 Å². The predicted octanol–water partition coefficient (Wildman–Crippen LogP) is 37.0. The van der Waals surface area contributed by atoms with Gasteiger partial charge in [-0.3, -0.25) is 24.9 Å². The van der Waals surface area contributed by atoms with Gasteiger partial charge < -0.3 is 4.57 Å². The van der Waals surface area contributed by atoms with E-state index in [1.807, 2.05) is 91.9 Å². The molecule has 0 N–H and O–H groups in total. The van der Waals surface area contributed by atoms with Crippen LogP contribution in [0, 0.1) is 0 Å². The highest BCUT2D eigenvalue weighted by atomic mass is 15.0. The molecule has 0 aliphatic rings. The van der Waals surface area contributed by atoms with Gasteiger partial charge in [0.1, 0.15) is 0 Å². The molecule has 6 heteroatoms. The van der Waals surface area contributed by atoms with E-state index in [1.54, 1.807) is 0 Å². The standard InChI is InChI=1S/C55H40N2.C42H32N2.C40H26N2/c1-55(2,3)42-31-40-26-28-46-48(34-49(47-29-27-41(32-42)53(40)54(46)47)37-22-24-38(25-23-37)50-15-8-9-30-56-50)36-20-18-35(19-21-36)39-11-10-12-43(33-39)57-51-16-6-4-13-44(51)45-14-5-7-17-52(45)57;1-42(2,3)33-24-31-18-20-34-36(27-10-14-29(15-11-27)38-8-4-6-22-43-38)26-37(35-21-19-32(25-33)40(31)41(34)35)28-12-16-30(17-13-28)39-9-5-7-23-44-39;1-2-8-28(9-3-1)39-35-10-4-6-12-37(35)40(38-13-7-5-11-36(38)39)32-17-16-29-22-31(15-14-30(29)23-32)34-24-33(25-42-26-34)27-18-20-41-21-19-27/h4-34H,1-3H3;4-26H,1-3H3;1-26H. The Morgan fingerprint density at radius 1 is 0.182 bits per heavy atom. The molecular formula is C137H98N6. The van der Waals surface area contributed by atoms with Crippen molar-refractivity contribution in [2.45, 2.75) is 52.4 Å². The lowest BCUT2D eigenvalue weighted by Crippen LogP contribution is -2.10. The van der Waals surface area contributed by atoms with Gasteiger partial charge in [-0.15, -0.1) is 0 Å². The van der Waals surface area contributed by atoms with Gasteiger partial charge in [0.25, 0.3) is 0 Å². The number of aromatic nitrogens is 6. The first-order valence-electron chi connectivity index (χ1n) is 49.3. The van der Waals surface area contributed by atoms with Gasteiger partial charge in [-0.1, -0.05) is 381 Å². The fourth-order valence-corrected chi connectivity index (χ4v) is 21.8. The zero-order valence-electron chi connectivity index (χ0n) is 80.4. The van der Waals surface area contributed by atoms with Crippen LogP contribution in [0.4, 0.5) is 0 Å². The van der Waals surface area contributed by atoms with Gasteiger partial charge in [-0.2, -0.15) is 0 Å². The molecule has 0 fully saturated rings. The number of pyridine rings is 5. The van der Waals surface area contributed by atoms with Crippen molar-refractivity contribution in [1.82, 2.24) is 29.5 Å². The third-order valence-corrected chi connectivity index (χ3v) is 29.1. The molecule has 6 nitrogen and oxygen atoms in total. The van der Waals surface area contributed by atoms with Crippen molar-refractivity contribution in [1.29, 1.82) is 0 Å². The largest absolute Gasteiger partial charge is 0.309 e. The van der Waals surface area contributed by atoms with Crippen molar-refractivity contribution in [2.75, 3.05) is 0 Å². The monoisotopic (exact) mass is 1830 g/mol. The molecule has 21 aromatic carbocycles. The van der Waals surface area contributed by atoms with Crippen LogP contribution in [0.3, 0.4) is 0 Å². The van der Waals surface area contributed by atoms with E-state index in [4.69, 9.17) is 0 Å². The summed E-state index contributed by atoms with van der Waals surface area (Å²) < 4.78 is 2.39. The Morgan fingerprint density at radius 2 is 0.503 bits per heavy atom. The quantitative estimate of drug-likeness (QED) is 0.0850. The van der Waals surface area contributed by atoms with Crippen LogP contribution in [-0.2, 0) is 10.8 Å². The van der Waals surface area contributed by atoms with Crippen LogP contribution in [-0.4, -0.2) is 29.5 Å². The van der Waals surface area contributed by atoms with E-state index >= 15 is 0 Å². The molecule has 0 bridgehead atoms. The highest BCUT2D eigenvalue weighted by molar-refractivity contribution is 6.31. The van der Waals surface area contributed by atoms with E-state index < -0.39 is 0 Å². The van der Waals surface area contributed by atoms with Crippen LogP contribution in [0.5, 0.6) is 0 Å².